The third kappa shape index (κ3) is 25.6. The Bertz CT molecular complexity index is 241. The van der Waals surface area contributed by atoms with Crippen molar-refractivity contribution in [2.75, 3.05) is 52.9 Å². The van der Waals surface area contributed by atoms with E-state index in [-0.39, 0.29) is 52.9 Å². The molecule has 0 spiro atoms. The molecule has 172 valence electrons. The Morgan fingerprint density at radius 1 is 0.621 bits per heavy atom. The van der Waals surface area contributed by atoms with Gasteiger partial charge in [-0.3, -0.25) is 0 Å². The Balaban J connectivity index is -0.0000000978. The van der Waals surface area contributed by atoms with Gasteiger partial charge in [0.15, 0.2) is 0 Å². The topological polar surface area (TPSA) is 158 Å². The van der Waals surface area contributed by atoms with Crippen LogP contribution in [0.25, 0.3) is 0 Å². The fourth-order valence-electron chi connectivity index (χ4n) is 1.44. The van der Waals surface area contributed by atoms with E-state index in [1.807, 2.05) is 0 Å². The Morgan fingerprint density at radius 3 is 1.10 bits per heavy atom. The standard InChI is InChI=1S/C7H14O4.2C5H11O3.2Rf/c1-10-5-7(3-8,4-9)6-11-2;2*1-8-4-5(7)2-3-6;;/h8-9H,1-6H2;2*5-7H,1-4H2;;/q-2;2*-1;;. The second-order valence-corrected chi connectivity index (χ2v) is 5.59. The zero-order valence-corrected chi connectivity index (χ0v) is 30.1. The molecule has 0 aromatic heterocycles. The second kappa shape index (κ2) is 27.8. The van der Waals surface area contributed by atoms with Crippen molar-refractivity contribution >= 4 is 0 Å². The summed E-state index contributed by atoms with van der Waals surface area (Å²) in [5.41, 5.74) is -0.774. The van der Waals surface area contributed by atoms with Crippen LogP contribution in [0.1, 0.15) is 12.8 Å². The van der Waals surface area contributed by atoms with Gasteiger partial charge in [0.05, 0.1) is 30.8 Å². The molecule has 0 aromatic rings. The van der Waals surface area contributed by atoms with Gasteiger partial charge < -0.3 is 49.6 Å². The predicted octanol–water partition coefficient (Wildman–Crippen LogP) is -1.35. The minimum atomic E-state index is -0.774. The summed E-state index contributed by atoms with van der Waals surface area (Å²) < 4.78 is 17.8. The van der Waals surface area contributed by atoms with Crippen LogP contribution in [0, 0.1) is 33.9 Å². The average Bonchev–Trinajstić information content (AvgIpc) is 2.63. The first kappa shape index (κ1) is 37.4. The van der Waals surface area contributed by atoms with Crippen LogP contribution in [0.2, 0.25) is 0 Å². The van der Waals surface area contributed by atoms with Crippen molar-refractivity contribution in [3.63, 3.8) is 0 Å². The monoisotopic (exact) mass is 934 g/mol. The minimum absolute atomic E-state index is 0. The molecule has 0 bridgehead atoms. The van der Waals surface area contributed by atoms with Crippen molar-refractivity contribution in [3.8, 4) is 0 Å². The fraction of sp³-hybridized carbons (Fsp3) is 0.765. The summed E-state index contributed by atoms with van der Waals surface area (Å²) >= 11 is 0. The zero-order valence-electron chi connectivity index (χ0n) is 17.3. The van der Waals surface area contributed by atoms with Crippen LogP contribution in [0.15, 0.2) is 0 Å². The minimum Gasteiger partial charge on any atom is -0.554 e. The van der Waals surface area contributed by atoms with Crippen LogP contribution in [-0.4, -0.2) is 95.7 Å². The van der Waals surface area contributed by atoms with Crippen LogP contribution >= 0.6 is 0 Å². The Labute approximate surface area is 162 Å². The van der Waals surface area contributed by atoms with Crippen molar-refractivity contribution < 1.29 is 49.6 Å². The van der Waals surface area contributed by atoms with Crippen LogP contribution < -0.4 is 0 Å². The van der Waals surface area contributed by atoms with Gasteiger partial charge in [-0.15, -0.1) is 0 Å². The van der Waals surface area contributed by atoms with E-state index in [4.69, 9.17) is 30.6 Å². The van der Waals surface area contributed by atoms with Crippen molar-refractivity contribution in [1.82, 2.24) is 0 Å². The molecule has 0 aromatic carbocycles. The number of hydrogen-bond donors (Lipinski definition) is 6. The summed E-state index contributed by atoms with van der Waals surface area (Å²) in [6.07, 6.45) is -0.430. The molecule has 2 atom stereocenters. The first-order valence-corrected chi connectivity index (χ1v) is 8.14. The molecular formula is C17H36O10Rf2-4. The van der Waals surface area contributed by atoms with Gasteiger partial charge in [-0.05, 0) is 12.8 Å². The van der Waals surface area contributed by atoms with E-state index in [2.05, 4.69) is 47.4 Å². The summed E-state index contributed by atoms with van der Waals surface area (Å²) in [5.74, 6) is 0. The molecule has 0 aliphatic rings. The van der Waals surface area contributed by atoms with Crippen molar-refractivity contribution in [2.24, 2.45) is 5.41 Å². The number of rotatable bonds is 14. The van der Waals surface area contributed by atoms with Gasteiger partial charge in [0.2, 0.25) is 0 Å². The van der Waals surface area contributed by atoms with Gasteiger partial charge in [-0.25, -0.2) is 28.4 Å². The van der Waals surface area contributed by atoms with E-state index in [0.717, 1.165) is 0 Å². The molecule has 0 heterocycles. The molecule has 29 heavy (non-hydrogen) atoms. The van der Waals surface area contributed by atoms with E-state index in [1.54, 1.807) is 0 Å². The third-order valence-electron chi connectivity index (χ3n) is 3.03. The largest absolute Gasteiger partial charge is 0.554 e. The average molecular weight is 934 g/mol. The number of aliphatic hydroxyl groups excluding tert-OH is 6. The molecule has 6 N–H and O–H groups in total. The maximum absolute atomic E-state index is 8.86. The number of aliphatic hydroxyl groups is 6. The molecule has 12 heteroatoms. The summed E-state index contributed by atoms with van der Waals surface area (Å²) in [6.45, 7) is 0.240. The van der Waals surface area contributed by atoms with E-state index in [0.29, 0.717) is 12.8 Å². The predicted molar refractivity (Wildman–Crippen MR) is 97.3 cm³/mol. The maximum Gasteiger partial charge on any atom is 0.0765 e. The van der Waals surface area contributed by atoms with Gasteiger partial charge in [-0.2, -0.15) is 0 Å². The van der Waals surface area contributed by atoms with E-state index in [9.17, 15) is 0 Å². The van der Waals surface area contributed by atoms with Gasteiger partial charge in [0.25, 0.3) is 0 Å². The molecular weight excluding hydrogens is 898 g/mol. The van der Waals surface area contributed by atoms with Crippen molar-refractivity contribution in [1.29, 1.82) is 0 Å². The fourth-order valence-corrected chi connectivity index (χ4v) is 1.44. The van der Waals surface area contributed by atoms with Gasteiger partial charge in [-0.1, -0.05) is 0 Å². The molecule has 0 aliphatic heterocycles. The molecule has 0 amide bonds. The Kier molecular flexibility index (Phi) is 35.8. The SMILES string of the molecule is [CH2-]OCC(CO)(CO)CO[CH2-].[CH2-]OCC(O)CCO.[CH2-]OCC(O)CCO.[Rf].[Rf]. The van der Waals surface area contributed by atoms with Crippen LogP contribution in [-0.2, 0) is 18.9 Å². The Morgan fingerprint density at radius 2 is 0.931 bits per heavy atom. The molecule has 10 nitrogen and oxygen atoms in total. The quantitative estimate of drug-likeness (QED) is 0.115. The Hall–Kier alpha value is -2.40. The van der Waals surface area contributed by atoms with E-state index in [1.165, 1.54) is 0 Å². The van der Waals surface area contributed by atoms with Gasteiger partial charge >= 0.3 is 0 Å². The van der Waals surface area contributed by atoms with Crippen LogP contribution in [0.3, 0.4) is 0 Å². The zero-order chi connectivity index (χ0) is 21.6. The summed E-state index contributed by atoms with van der Waals surface area (Å²) in [4.78, 5) is 0. The molecule has 0 saturated carbocycles. The normalized spacial score (nSPS) is 12.2. The first-order valence-electron chi connectivity index (χ1n) is 8.14. The van der Waals surface area contributed by atoms with Crippen molar-refractivity contribution in [3.05, 3.63) is 28.4 Å². The van der Waals surface area contributed by atoms with Gasteiger partial charge in [0.1, 0.15) is 0 Å². The second-order valence-electron chi connectivity index (χ2n) is 5.59. The number of hydrogen-bond acceptors (Lipinski definition) is 10. The third-order valence-corrected chi connectivity index (χ3v) is 3.03. The van der Waals surface area contributed by atoms with E-state index < -0.39 is 17.6 Å². The molecule has 0 fully saturated rings. The van der Waals surface area contributed by atoms with Gasteiger partial charge in [0, 0.05) is 39.6 Å². The molecule has 2 unspecified atom stereocenters. The molecule has 0 aliphatic carbocycles. The summed E-state index contributed by atoms with van der Waals surface area (Å²) in [5, 5.41) is 51.6. The molecule has 0 saturated heterocycles. The van der Waals surface area contributed by atoms with Crippen LogP contribution in [0.5, 0.6) is 0 Å². The number of ether oxygens (including phenoxy) is 4. The first-order chi connectivity index (χ1) is 12.9. The molecule has 0 rings (SSSR count). The van der Waals surface area contributed by atoms with Crippen LogP contribution in [0.4, 0.5) is 0 Å². The summed E-state index contributed by atoms with van der Waals surface area (Å²) in [7, 11) is 12.4. The molecule has 0 radical (unpaired) electrons. The maximum atomic E-state index is 8.86. The van der Waals surface area contributed by atoms with E-state index >= 15 is 0 Å². The summed E-state index contributed by atoms with van der Waals surface area (Å²) in [6, 6.07) is 0. The smallest absolute Gasteiger partial charge is 0.0765 e. The van der Waals surface area contributed by atoms with Crippen molar-refractivity contribution in [2.45, 2.75) is 25.0 Å².